The summed E-state index contributed by atoms with van der Waals surface area (Å²) in [5.41, 5.74) is 1.09. The molecule has 1 radical (unpaired) electrons. The summed E-state index contributed by atoms with van der Waals surface area (Å²) >= 11 is 9.34. The van der Waals surface area contributed by atoms with Gasteiger partial charge in [0, 0.05) is 16.1 Å². The van der Waals surface area contributed by atoms with Crippen molar-refractivity contribution in [2.24, 2.45) is 0 Å². The summed E-state index contributed by atoms with van der Waals surface area (Å²) in [5, 5.41) is 0.743. The number of rotatable bonds is 1. The van der Waals surface area contributed by atoms with Crippen LogP contribution >= 0.6 is 27.5 Å². The molecule has 0 amide bonds. The van der Waals surface area contributed by atoms with E-state index in [1.807, 2.05) is 18.2 Å². The zero-order valence-corrected chi connectivity index (χ0v) is 9.36. The third kappa shape index (κ3) is 2.25. The molecule has 1 saturated heterocycles. The lowest BCUT2D eigenvalue weighted by Crippen LogP contribution is -1.96. The van der Waals surface area contributed by atoms with E-state index in [0.29, 0.717) is 0 Å². The Hall–Kier alpha value is -0.0500. The highest BCUT2D eigenvalue weighted by atomic mass is 79.9. The molecule has 1 heterocycles. The predicted molar refractivity (Wildman–Crippen MR) is 56.7 cm³/mol. The molecule has 1 aliphatic heterocycles. The molecule has 0 N–H and O–H groups in total. The minimum atomic E-state index is 0.743. The van der Waals surface area contributed by atoms with Crippen molar-refractivity contribution in [2.45, 2.75) is 12.8 Å². The quantitative estimate of drug-likeness (QED) is 0.746. The predicted octanol–water partition coefficient (Wildman–Crippen LogP) is 3.79. The van der Waals surface area contributed by atoms with Gasteiger partial charge in [0.2, 0.25) is 0 Å². The Bertz CT molecular complexity index is 288. The topological polar surface area (TPSA) is 9.23 Å². The maximum Gasteiger partial charge on any atom is 0.126 e. The molecule has 0 unspecified atom stereocenters. The number of benzene rings is 1. The summed E-state index contributed by atoms with van der Waals surface area (Å²) in [7, 11) is 0. The van der Waals surface area contributed by atoms with Gasteiger partial charge in [-0.25, -0.2) is 0 Å². The van der Waals surface area contributed by atoms with E-state index in [-0.39, 0.29) is 0 Å². The molecule has 0 atom stereocenters. The number of halogens is 2. The van der Waals surface area contributed by atoms with Gasteiger partial charge in [0.1, 0.15) is 6.10 Å². The SMILES string of the molecule is Clc1cc(Br)cc([C]2CCCO2)c1. The fourth-order valence-electron chi connectivity index (χ4n) is 1.44. The van der Waals surface area contributed by atoms with Crippen LogP contribution in [0, 0.1) is 6.10 Å². The molecule has 1 aromatic rings. The Morgan fingerprint density at radius 3 is 2.77 bits per heavy atom. The van der Waals surface area contributed by atoms with Crippen LogP contribution in [0.3, 0.4) is 0 Å². The van der Waals surface area contributed by atoms with E-state index in [1.165, 1.54) is 0 Å². The average molecular weight is 261 g/mol. The first-order valence-corrected chi connectivity index (χ1v) is 5.38. The van der Waals surface area contributed by atoms with E-state index in [0.717, 1.165) is 40.6 Å². The highest BCUT2D eigenvalue weighted by Gasteiger charge is 2.19. The summed E-state index contributed by atoms with van der Waals surface area (Å²) in [5.74, 6) is 0. The summed E-state index contributed by atoms with van der Waals surface area (Å²) in [6.07, 6.45) is 3.19. The van der Waals surface area contributed by atoms with Gasteiger partial charge in [-0.2, -0.15) is 0 Å². The molecule has 13 heavy (non-hydrogen) atoms. The highest BCUT2D eigenvalue weighted by molar-refractivity contribution is 9.10. The second kappa shape index (κ2) is 3.99. The molecule has 1 fully saturated rings. The maximum atomic E-state index is 5.93. The van der Waals surface area contributed by atoms with Gasteiger partial charge in [0.05, 0.1) is 0 Å². The molecule has 1 aliphatic rings. The van der Waals surface area contributed by atoms with Gasteiger partial charge in [-0.3, -0.25) is 0 Å². The van der Waals surface area contributed by atoms with Crippen LogP contribution in [0.4, 0.5) is 0 Å². The first-order chi connectivity index (χ1) is 6.25. The molecule has 3 heteroatoms. The largest absolute Gasteiger partial charge is 0.367 e. The van der Waals surface area contributed by atoms with Crippen LogP contribution in [0.15, 0.2) is 22.7 Å². The minimum Gasteiger partial charge on any atom is -0.367 e. The van der Waals surface area contributed by atoms with Crippen molar-refractivity contribution in [1.82, 2.24) is 0 Å². The van der Waals surface area contributed by atoms with Crippen molar-refractivity contribution in [3.05, 3.63) is 39.4 Å². The van der Waals surface area contributed by atoms with Crippen LogP contribution in [0.5, 0.6) is 0 Å². The van der Waals surface area contributed by atoms with Gasteiger partial charge in [0.15, 0.2) is 0 Å². The summed E-state index contributed by atoms with van der Waals surface area (Å²) < 4.78 is 6.48. The first-order valence-electron chi connectivity index (χ1n) is 4.21. The molecule has 1 nitrogen and oxygen atoms in total. The number of hydrogen-bond donors (Lipinski definition) is 0. The maximum absolute atomic E-state index is 5.93. The molecule has 2 rings (SSSR count). The van der Waals surface area contributed by atoms with Gasteiger partial charge in [0.25, 0.3) is 0 Å². The van der Waals surface area contributed by atoms with E-state index in [1.54, 1.807) is 0 Å². The van der Waals surface area contributed by atoms with Gasteiger partial charge >= 0.3 is 0 Å². The van der Waals surface area contributed by atoms with E-state index in [4.69, 9.17) is 16.3 Å². The number of ether oxygens (including phenoxy) is 1. The molecular weight excluding hydrogens is 251 g/mol. The Labute approximate surface area is 91.2 Å². The Morgan fingerprint density at radius 2 is 2.15 bits per heavy atom. The van der Waals surface area contributed by atoms with Gasteiger partial charge < -0.3 is 4.74 Å². The Kier molecular flexibility index (Phi) is 2.92. The van der Waals surface area contributed by atoms with Crippen molar-refractivity contribution in [3.8, 4) is 0 Å². The zero-order valence-electron chi connectivity index (χ0n) is 7.02. The van der Waals surface area contributed by atoms with E-state index < -0.39 is 0 Å². The molecule has 0 saturated carbocycles. The molecule has 1 aromatic carbocycles. The molecule has 0 aromatic heterocycles. The minimum absolute atomic E-state index is 0.743. The van der Waals surface area contributed by atoms with Crippen LogP contribution in [-0.2, 0) is 4.74 Å². The second-order valence-electron chi connectivity index (χ2n) is 3.03. The monoisotopic (exact) mass is 259 g/mol. The van der Waals surface area contributed by atoms with Crippen molar-refractivity contribution in [2.75, 3.05) is 6.61 Å². The summed E-state index contributed by atoms with van der Waals surface area (Å²) in [6.45, 7) is 0.833. The summed E-state index contributed by atoms with van der Waals surface area (Å²) in [6, 6.07) is 5.85. The Morgan fingerprint density at radius 1 is 1.31 bits per heavy atom. The lowest BCUT2D eigenvalue weighted by Gasteiger charge is -2.08. The Balaban J connectivity index is 2.28. The summed E-state index contributed by atoms with van der Waals surface area (Å²) in [4.78, 5) is 0. The third-order valence-corrected chi connectivity index (χ3v) is 2.69. The molecule has 0 spiro atoms. The van der Waals surface area contributed by atoms with E-state index >= 15 is 0 Å². The van der Waals surface area contributed by atoms with Crippen molar-refractivity contribution in [1.29, 1.82) is 0 Å². The van der Waals surface area contributed by atoms with Gasteiger partial charge in [-0.05, 0) is 36.6 Å². The van der Waals surface area contributed by atoms with Gasteiger partial charge in [-0.15, -0.1) is 0 Å². The molecule has 69 valence electrons. The highest BCUT2D eigenvalue weighted by Crippen LogP contribution is 2.31. The van der Waals surface area contributed by atoms with Crippen molar-refractivity contribution in [3.63, 3.8) is 0 Å². The fourth-order valence-corrected chi connectivity index (χ4v) is 2.30. The van der Waals surface area contributed by atoms with Gasteiger partial charge in [-0.1, -0.05) is 27.5 Å². The van der Waals surface area contributed by atoms with Crippen LogP contribution in [-0.4, -0.2) is 6.61 Å². The molecule has 0 bridgehead atoms. The van der Waals surface area contributed by atoms with Crippen LogP contribution in [0.2, 0.25) is 5.02 Å². The van der Waals surface area contributed by atoms with Crippen LogP contribution in [0.1, 0.15) is 18.4 Å². The van der Waals surface area contributed by atoms with Crippen molar-refractivity contribution < 1.29 is 4.74 Å². The average Bonchev–Trinajstić information content (AvgIpc) is 2.53. The second-order valence-corrected chi connectivity index (χ2v) is 4.39. The normalized spacial score (nSPS) is 18.0. The third-order valence-electron chi connectivity index (χ3n) is 2.01. The van der Waals surface area contributed by atoms with E-state index in [9.17, 15) is 0 Å². The van der Waals surface area contributed by atoms with Crippen LogP contribution < -0.4 is 0 Å². The lowest BCUT2D eigenvalue weighted by molar-refractivity contribution is 0.216. The lowest BCUT2D eigenvalue weighted by atomic mass is 10.1. The molecular formula is C10H9BrClO. The number of hydrogen-bond acceptors (Lipinski definition) is 1. The van der Waals surface area contributed by atoms with E-state index in [2.05, 4.69) is 15.9 Å². The molecule has 0 aliphatic carbocycles. The fraction of sp³-hybridized carbons (Fsp3) is 0.300. The van der Waals surface area contributed by atoms with Crippen LogP contribution in [0.25, 0.3) is 0 Å². The smallest absolute Gasteiger partial charge is 0.126 e. The standard InChI is InChI=1S/C10H9BrClO/c11-8-4-7(5-9(12)6-8)10-2-1-3-13-10/h4-6H,1-3H2. The first kappa shape index (κ1) is 9.50. The van der Waals surface area contributed by atoms with Crippen molar-refractivity contribution >= 4 is 27.5 Å². The zero-order chi connectivity index (χ0) is 9.26.